The lowest BCUT2D eigenvalue weighted by Gasteiger charge is -2.36. The number of carbonyl (C=O) groups excluding carboxylic acids is 1. The lowest BCUT2D eigenvalue weighted by atomic mass is 9.74. The molecule has 0 bridgehead atoms. The summed E-state index contributed by atoms with van der Waals surface area (Å²) in [7, 11) is -3.49. The molecule has 1 fully saturated rings. The van der Waals surface area contributed by atoms with Crippen LogP contribution >= 0.6 is 11.6 Å². The second kappa shape index (κ2) is 8.88. The van der Waals surface area contributed by atoms with E-state index in [0.717, 1.165) is 11.8 Å². The molecule has 4 rings (SSSR count). The summed E-state index contributed by atoms with van der Waals surface area (Å²) in [6.07, 6.45) is 6.79. The van der Waals surface area contributed by atoms with E-state index in [1.165, 1.54) is 23.3 Å². The van der Waals surface area contributed by atoms with Crippen LogP contribution in [-0.2, 0) is 9.84 Å². The molecule has 1 amide bonds. The van der Waals surface area contributed by atoms with Crippen molar-refractivity contribution < 1.29 is 13.2 Å². The quantitative estimate of drug-likeness (QED) is 0.523. The number of sulfone groups is 1. The predicted molar refractivity (Wildman–Crippen MR) is 118 cm³/mol. The van der Waals surface area contributed by atoms with Gasteiger partial charge in [0.2, 0.25) is 15.0 Å². The molecule has 1 aromatic carbocycles. The highest BCUT2D eigenvalue weighted by Crippen LogP contribution is 2.39. The van der Waals surface area contributed by atoms with Crippen molar-refractivity contribution in [3.63, 3.8) is 0 Å². The van der Waals surface area contributed by atoms with Gasteiger partial charge < -0.3 is 5.32 Å². The number of amides is 1. The van der Waals surface area contributed by atoms with Crippen LogP contribution in [0.5, 0.6) is 0 Å². The minimum Gasteiger partial charge on any atom is -0.348 e. The minimum absolute atomic E-state index is 0.0347. The van der Waals surface area contributed by atoms with Gasteiger partial charge in [0.1, 0.15) is 0 Å². The van der Waals surface area contributed by atoms with Gasteiger partial charge in [-0.05, 0) is 49.4 Å². The second-order valence-electron chi connectivity index (χ2n) is 8.01. The summed E-state index contributed by atoms with van der Waals surface area (Å²) in [5.74, 6) is -0.179. The molecule has 1 atom stereocenters. The first-order chi connectivity index (χ1) is 15.7. The molecular weight excluding hydrogens is 466 g/mol. The van der Waals surface area contributed by atoms with Crippen molar-refractivity contribution in [2.45, 2.75) is 42.9 Å². The van der Waals surface area contributed by atoms with Crippen molar-refractivity contribution in [2.75, 3.05) is 6.26 Å². The molecule has 0 saturated heterocycles. The largest absolute Gasteiger partial charge is 0.348 e. The SMILES string of the molecule is CC(c1cnc(S(C)(=O)=O)nc1)n1cc(C(=O)NC2CC(c3cc(Cl)ccc3C#N)C2)nn1. The van der Waals surface area contributed by atoms with Gasteiger partial charge in [-0.3, -0.25) is 4.79 Å². The standard InChI is InChI=1S/C21H20ClN7O3S/c1-12(15-9-24-21(25-10-15)33(2,31)32)29-11-19(27-28-29)20(30)26-17-5-14(6-17)18-7-16(22)4-3-13(18)8-23/h3-4,7,9-12,14,17H,5-6H2,1-2H3,(H,26,30). The average molecular weight is 486 g/mol. The van der Waals surface area contributed by atoms with Gasteiger partial charge in [0.15, 0.2) is 5.69 Å². The van der Waals surface area contributed by atoms with Crippen molar-refractivity contribution >= 4 is 27.3 Å². The highest BCUT2D eigenvalue weighted by Gasteiger charge is 2.33. The molecule has 2 heterocycles. The van der Waals surface area contributed by atoms with Crippen LogP contribution in [-0.4, -0.2) is 51.6 Å². The van der Waals surface area contributed by atoms with Gasteiger partial charge in [-0.15, -0.1) is 5.10 Å². The zero-order chi connectivity index (χ0) is 23.8. The number of halogens is 1. The van der Waals surface area contributed by atoms with E-state index in [9.17, 15) is 18.5 Å². The predicted octanol–water partition coefficient (Wildman–Crippen LogP) is 2.28. The number of aromatic nitrogens is 5. The Morgan fingerprint density at radius 2 is 2.00 bits per heavy atom. The summed E-state index contributed by atoms with van der Waals surface area (Å²) in [5, 5.41) is 20.5. The molecule has 1 saturated carbocycles. The highest BCUT2D eigenvalue weighted by molar-refractivity contribution is 7.90. The Morgan fingerprint density at radius 3 is 2.64 bits per heavy atom. The highest BCUT2D eigenvalue weighted by atomic mass is 35.5. The Labute approximate surface area is 195 Å². The van der Waals surface area contributed by atoms with Crippen LogP contribution in [0.25, 0.3) is 0 Å². The number of hydrogen-bond acceptors (Lipinski definition) is 8. The Kier molecular flexibility index (Phi) is 6.14. The maximum absolute atomic E-state index is 12.6. The van der Waals surface area contributed by atoms with Crippen LogP contribution in [0.3, 0.4) is 0 Å². The van der Waals surface area contributed by atoms with Crippen LogP contribution in [0.2, 0.25) is 5.02 Å². The van der Waals surface area contributed by atoms with Crippen LogP contribution in [0.4, 0.5) is 0 Å². The number of rotatable bonds is 6. The molecule has 0 spiro atoms. The van der Waals surface area contributed by atoms with Gasteiger partial charge in [0.05, 0.1) is 23.9 Å². The zero-order valence-electron chi connectivity index (χ0n) is 17.8. The topological polar surface area (TPSA) is 144 Å². The summed E-state index contributed by atoms with van der Waals surface area (Å²) in [6, 6.07) is 7.01. The van der Waals surface area contributed by atoms with Gasteiger partial charge in [-0.2, -0.15) is 5.26 Å². The number of nitriles is 1. The van der Waals surface area contributed by atoms with E-state index in [2.05, 4.69) is 31.7 Å². The number of hydrogen-bond donors (Lipinski definition) is 1. The summed E-state index contributed by atoms with van der Waals surface area (Å²) in [4.78, 5) is 20.4. The minimum atomic E-state index is -3.49. The van der Waals surface area contributed by atoms with Gasteiger partial charge in [0, 0.05) is 35.3 Å². The van der Waals surface area contributed by atoms with Crippen molar-refractivity contribution in [3.8, 4) is 6.07 Å². The van der Waals surface area contributed by atoms with Crippen molar-refractivity contribution in [1.29, 1.82) is 5.26 Å². The molecular formula is C21H20ClN7O3S. The molecule has 33 heavy (non-hydrogen) atoms. The molecule has 0 radical (unpaired) electrons. The first kappa shape index (κ1) is 22.8. The zero-order valence-corrected chi connectivity index (χ0v) is 19.4. The summed E-state index contributed by atoms with van der Waals surface area (Å²) < 4.78 is 24.5. The Hall–Kier alpha value is -3.36. The van der Waals surface area contributed by atoms with E-state index in [0.29, 0.717) is 29.0 Å². The van der Waals surface area contributed by atoms with Gasteiger partial charge >= 0.3 is 0 Å². The first-order valence-electron chi connectivity index (χ1n) is 10.1. The molecule has 170 valence electrons. The second-order valence-corrected chi connectivity index (χ2v) is 10.4. The fourth-order valence-corrected chi connectivity index (χ4v) is 4.35. The molecule has 0 aliphatic heterocycles. The average Bonchev–Trinajstić information content (AvgIpc) is 3.25. The monoisotopic (exact) mass is 485 g/mol. The molecule has 12 heteroatoms. The Balaban J connectivity index is 1.37. The fraction of sp³-hybridized carbons (Fsp3) is 0.333. The number of carbonyl (C=O) groups is 1. The molecule has 1 aliphatic rings. The lowest BCUT2D eigenvalue weighted by Crippen LogP contribution is -2.43. The third-order valence-electron chi connectivity index (χ3n) is 5.65. The molecule has 10 nitrogen and oxygen atoms in total. The molecule has 1 aliphatic carbocycles. The fourth-order valence-electron chi connectivity index (χ4n) is 3.68. The maximum Gasteiger partial charge on any atom is 0.273 e. The van der Waals surface area contributed by atoms with Crippen LogP contribution in [0.1, 0.15) is 58.9 Å². The third-order valence-corrected chi connectivity index (χ3v) is 6.76. The molecule has 1 N–H and O–H groups in total. The van der Waals surface area contributed by atoms with Gasteiger partial charge in [-0.25, -0.2) is 23.1 Å². The number of nitrogens with zero attached hydrogens (tertiary/aromatic N) is 6. The van der Waals surface area contributed by atoms with Gasteiger partial charge in [-0.1, -0.05) is 16.8 Å². The van der Waals surface area contributed by atoms with Crippen molar-refractivity contribution in [2.24, 2.45) is 0 Å². The first-order valence-corrected chi connectivity index (χ1v) is 12.4. The Morgan fingerprint density at radius 1 is 1.30 bits per heavy atom. The number of benzene rings is 1. The Bertz CT molecular complexity index is 1340. The normalized spacial score (nSPS) is 18.7. The van der Waals surface area contributed by atoms with Crippen LogP contribution in [0.15, 0.2) is 41.9 Å². The van der Waals surface area contributed by atoms with Crippen molar-refractivity contribution in [3.05, 3.63) is 64.2 Å². The third kappa shape index (κ3) is 4.86. The summed E-state index contributed by atoms with van der Waals surface area (Å²) in [6.45, 7) is 1.81. The summed E-state index contributed by atoms with van der Waals surface area (Å²) >= 11 is 6.07. The van der Waals surface area contributed by atoms with E-state index in [1.54, 1.807) is 12.1 Å². The van der Waals surface area contributed by atoms with E-state index < -0.39 is 9.84 Å². The van der Waals surface area contributed by atoms with Gasteiger partial charge in [0.25, 0.3) is 5.91 Å². The molecule has 1 unspecified atom stereocenters. The number of nitrogens with one attached hydrogen (secondary N) is 1. The summed E-state index contributed by atoms with van der Waals surface area (Å²) in [5.41, 5.74) is 2.29. The van der Waals surface area contributed by atoms with Crippen molar-refractivity contribution in [1.82, 2.24) is 30.3 Å². The van der Waals surface area contributed by atoms with E-state index in [-0.39, 0.29) is 34.8 Å². The van der Waals surface area contributed by atoms with Crippen LogP contribution < -0.4 is 5.32 Å². The molecule has 3 aromatic rings. The maximum atomic E-state index is 12.6. The lowest BCUT2D eigenvalue weighted by molar-refractivity contribution is 0.0903. The van der Waals surface area contributed by atoms with Crippen LogP contribution in [0, 0.1) is 11.3 Å². The molecule has 2 aromatic heterocycles. The van der Waals surface area contributed by atoms with E-state index in [1.807, 2.05) is 13.0 Å². The van der Waals surface area contributed by atoms with E-state index in [4.69, 9.17) is 11.6 Å². The van der Waals surface area contributed by atoms with E-state index >= 15 is 0 Å². The smallest absolute Gasteiger partial charge is 0.273 e.